The molecular weight excluding hydrogens is 246 g/mol. The van der Waals surface area contributed by atoms with Gasteiger partial charge in [0, 0.05) is 12.2 Å². The van der Waals surface area contributed by atoms with Gasteiger partial charge in [-0.25, -0.2) is 0 Å². The highest BCUT2D eigenvalue weighted by Crippen LogP contribution is 2.40. The van der Waals surface area contributed by atoms with E-state index in [2.05, 4.69) is 17.1 Å². The van der Waals surface area contributed by atoms with Gasteiger partial charge in [0.15, 0.2) is 0 Å². The van der Waals surface area contributed by atoms with E-state index in [0.717, 1.165) is 12.5 Å². The topological polar surface area (TPSA) is 64.9 Å². The van der Waals surface area contributed by atoms with Crippen LogP contribution < -0.4 is 5.73 Å². The van der Waals surface area contributed by atoms with Gasteiger partial charge < -0.3 is 10.2 Å². The maximum absolute atomic E-state index is 5.89. The molecule has 0 amide bonds. The van der Waals surface area contributed by atoms with Crippen LogP contribution in [-0.2, 0) is 0 Å². The minimum atomic E-state index is 0.542. The number of rotatable bonds is 5. The van der Waals surface area contributed by atoms with Gasteiger partial charge in [-0.2, -0.15) is 0 Å². The SMILES string of the molecule is CCCC1CCC(CN)C(Sc2nnc(C)o2)C1. The Morgan fingerprint density at radius 2 is 2.22 bits per heavy atom. The molecule has 3 unspecified atom stereocenters. The van der Waals surface area contributed by atoms with Crippen LogP contribution in [-0.4, -0.2) is 22.0 Å². The van der Waals surface area contributed by atoms with Crippen LogP contribution in [0.3, 0.4) is 0 Å². The Bertz CT molecular complexity index is 369. The number of hydrogen-bond acceptors (Lipinski definition) is 5. The lowest BCUT2D eigenvalue weighted by Crippen LogP contribution is -2.32. The predicted molar refractivity (Wildman–Crippen MR) is 73.5 cm³/mol. The van der Waals surface area contributed by atoms with Crippen molar-refractivity contribution in [2.24, 2.45) is 17.6 Å². The standard InChI is InChI=1S/C13H23N3OS/c1-3-4-10-5-6-11(8-14)12(7-10)18-13-16-15-9(2)17-13/h10-12H,3-8,14H2,1-2H3. The minimum absolute atomic E-state index is 0.542. The summed E-state index contributed by atoms with van der Waals surface area (Å²) in [7, 11) is 0. The van der Waals surface area contributed by atoms with Gasteiger partial charge in [-0.05, 0) is 31.2 Å². The fourth-order valence-electron chi connectivity index (χ4n) is 2.81. The van der Waals surface area contributed by atoms with Gasteiger partial charge in [-0.1, -0.05) is 37.9 Å². The molecule has 0 spiro atoms. The maximum Gasteiger partial charge on any atom is 0.276 e. The average Bonchev–Trinajstić information content (AvgIpc) is 2.76. The first-order valence-corrected chi connectivity index (χ1v) is 7.77. The zero-order valence-corrected chi connectivity index (χ0v) is 12.1. The van der Waals surface area contributed by atoms with E-state index in [4.69, 9.17) is 10.2 Å². The fourth-order valence-corrected chi connectivity index (χ4v) is 4.14. The molecule has 1 heterocycles. The van der Waals surface area contributed by atoms with Crippen molar-refractivity contribution in [2.75, 3.05) is 6.54 Å². The summed E-state index contributed by atoms with van der Waals surface area (Å²) in [6, 6.07) is 0. The van der Waals surface area contributed by atoms with E-state index in [1.165, 1.54) is 32.1 Å². The van der Waals surface area contributed by atoms with Crippen molar-refractivity contribution >= 4 is 11.8 Å². The Kier molecular flexibility index (Phi) is 5.06. The van der Waals surface area contributed by atoms with E-state index in [1.54, 1.807) is 11.8 Å². The van der Waals surface area contributed by atoms with E-state index in [0.29, 0.717) is 22.3 Å². The Morgan fingerprint density at radius 1 is 1.39 bits per heavy atom. The molecule has 0 saturated heterocycles. The first kappa shape index (κ1) is 13.9. The number of nitrogens with two attached hydrogens (primary N) is 1. The molecule has 18 heavy (non-hydrogen) atoms. The van der Waals surface area contributed by atoms with Crippen molar-refractivity contribution in [1.82, 2.24) is 10.2 Å². The highest BCUT2D eigenvalue weighted by atomic mass is 32.2. The van der Waals surface area contributed by atoms with Crippen LogP contribution in [0.1, 0.15) is 44.9 Å². The molecule has 4 nitrogen and oxygen atoms in total. The summed E-state index contributed by atoms with van der Waals surface area (Å²) in [4.78, 5) is 0. The minimum Gasteiger partial charge on any atom is -0.416 e. The van der Waals surface area contributed by atoms with Crippen LogP contribution in [0.5, 0.6) is 0 Å². The molecule has 1 aliphatic carbocycles. The van der Waals surface area contributed by atoms with E-state index >= 15 is 0 Å². The molecule has 1 aromatic heterocycles. The van der Waals surface area contributed by atoms with Gasteiger partial charge >= 0.3 is 0 Å². The summed E-state index contributed by atoms with van der Waals surface area (Å²) in [6.07, 6.45) is 6.41. The Balaban J connectivity index is 1.97. The molecule has 5 heteroatoms. The summed E-state index contributed by atoms with van der Waals surface area (Å²) in [5.41, 5.74) is 5.89. The van der Waals surface area contributed by atoms with E-state index in [1.807, 2.05) is 6.92 Å². The molecule has 1 fully saturated rings. The third kappa shape index (κ3) is 3.48. The second-order valence-corrected chi connectivity index (χ2v) is 6.40. The number of thioether (sulfide) groups is 1. The van der Waals surface area contributed by atoms with Gasteiger partial charge in [0.1, 0.15) is 0 Å². The number of nitrogens with zero attached hydrogens (tertiary/aromatic N) is 2. The van der Waals surface area contributed by atoms with Crippen molar-refractivity contribution in [1.29, 1.82) is 0 Å². The lowest BCUT2D eigenvalue weighted by atomic mass is 9.80. The molecular formula is C13H23N3OS. The van der Waals surface area contributed by atoms with Gasteiger partial charge in [0.2, 0.25) is 5.89 Å². The van der Waals surface area contributed by atoms with Crippen molar-refractivity contribution < 1.29 is 4.42 Å². The molecule has 1 aliphatic rings. The Morgan fingerprint density at radius 3 is 2.83 bits per heavy atom. The summed E-state index contributed by atoms with van der Waals surface area (Å²) in [5.74, 6) is 2.08. The molecule has 3 atom stereocenters. The summed E-state index contributed by atoms with van der Waals surface area (Å²) in [6.45, 7) is 4.86. The smallest absolute Gasteiger partial charge is 0.276 e. The second kappa shape index (κ2) is 6.57. The molecule has 0 aliphatic heterocycles. The third-order valence-electron chi connectivity index (χ3n) is 3.80. The Hall–Kier alpha value is -0.550. The highest BCUT2D eigenvalue weighted by molar-refractivity contribution is 7.99. The lowest BCUT2D eigenvalue weighted by molar-refractivity contribution is 0.274. The van der Waals surface area contributed by atoms with Crippen molar-refractivity contribution in [3.8, 4) is 0 Å². The van der Waals surface area contributed by atoms with Gasteiger partial charge in [0.05, 0.1) is 0 Å². The van der Waals surface area contributed by atoms with Crippen molar-refractivity contribution in [2.45, 2.75) is 56.4 Å². The van der Waals surface area contributed by atoms with Gasteiger partial charge in [0.25, 0.3) is 5.22 Å². The fraction of sp³-hybridized carbons (Fsp3) is 0.846. The zero-order valence-electron chi connectivity index (χ0n) is 11.3. The van der Waals surface area contributed by atoms with E-state index in [-0.39, 0.29) is 0 Å². The number of aromatic nitrogens is 2. The van der Waals surface area contributed by atoms with Gasteiger partial charge in [-0.3, -0.25) is 0 Å². The zero-order chi connectivity index (χ0) is 13.0. The first-order valence-electron chi connectivity index (χ1n) is 6.89. The van der Waals surface area contributed by atoms with Crippen LogP contribution in [0.4, 0.5) is 0 Å². The monoisotopic (exact) mass is 269 g/mol. The van der Waals surface area contributed by atoms with E-state index < -0.39 is 0 Å². The second-order valence-electron chi connectivity index (χ2n) is 5.21. The van der Waals surface area contributed by atoms with Crippen LogP contribution in [0, 0.1) is 18.8 Å². The first-order chi connectivity index (χ1) is 8.72. The number of aryl methyl sites for hydroxylation is 1. The lowest BCUT2D eigenvalue weighted by Gasteiger charge is -2.34. The summed E-state index contributed by atoms with van der Waals surface area (Å²) in [5, 5.41) is 9.22. The van der Waals surface area contributed by atoms with Crippen LogP contribution in [0.25, 0.3) is 0 Å². The number of hydrogen-bond donors (Lipinski definition) is 1. The molecule has 2 N–H and O–H groups in total. The van der Waals surface area contributed by atoms with Crippen molar-refractivity contribution in [3.05, 3.63) is 5.89 Å². The van der Waals surface area contributed by atoms with E-state index in [9.17, 15) is 0 Å². The van der Waals surface area contributed by atoms with Crippen molar-refractivity contribution in [3.63, 3.8) is 0 Å². The molecule has 0 radical (unpaired) electrons. The molecule has 102 valence electrons. The average molecular weight is 269 g/mol. The molecule has 1 aromatic rings. The summed E-state index contributed by atoms with van der Waals surface area (Å²) < 4.78 is 5.47. The maximum atomic E-state index is 5.89. The normalized spacial score (nSPS) is 28.5. The molecule has 2 rings (SSSR count). The molecule has 0 bridgehead atoms. The van der Waals surface area contributed by atoms with Gasteiger partial charge in [-0.15, -0.1) is 10.2 Å². The predicted octanol–water partition coefficient (Wildman–Crippen LogP) is 3.01. The van der Waals surface area contributed by atoms with Crippen LogP contribution >= 0.6 is 11.8 Å². The van der Waals surface area contributed by atoms with Crippen LogP contribution in [0.15, 0.2) is 9.64 Å². The Labute approximate surface area is 113 Å². The molecule has 1 saturated carbocycles. The quantitative estimate of drug-likeness (QED) is 0.890. The van der Waals surface area contributed by atoms with Crippen LogP contribution in [0.2, 0.25) is 0 Å². The largest absolute Gasteiger partial charge is 0.416 e. The summed E-state index contributed by atoms with van der Waals surface area (Å²) >= 11 is 1.73. The molecule has 0 aromatic carbocycles. The highest BCUT2D eigenvalue weighted by Gasteiger charge is 2.31. The third-order valence-corrected chi connectivity index (χ3v) is 5.04.